The molecule has 0 bridgehead atoms. The summed E-state index contributed by atoms with van der Waals surface area (Å²) in [6.07, 6.45) is 0. The van der Waals surface area contributed by atoms with Crippen molar-refractivity contribution >= 4 is 39.1 Å². The van der Waals surface area contributed by atoms with E-state index in [-0.39, 0.29) is 17.1 Å². The number of nitrogens with one attached hydrogen (secondary N) is 2. The molecule has 0 heterocycles. The Morgan fingerprint density at radius 2 is 2.06 bits per heavy atom. The van der Waals surface area contributed by atoms with Gasteiger partial charge in [0.15, 0.2) is 0 Å². The second kappa shape index (κ2) is 6.24. The van der Waals surface area contributed by atoms with Crippen molar-refractivity contribution in [1.29, 1.82) is 0 Å². The number of anilines is 2. The largest absolute Gasteiger partial charge is 0.494 e. The molecule has 6 heteroatoms. The van der Waals surface area contributed by atoms with E-state index in [1.54, 1.807) is 18.2 Å². The first-order valence-corrected chi connectivity index (χ1v) is 6.00. The van der Waals surface area contributed by atoms with E-state index in [1.807, 2.05) is 0 Å². The Kier molecular flexibility index (Phi) is 4.96. The predicted molar refractivity (Wildman–Crippen MR) is 69.7 cm³/mol. The summed E-state index contributed by atoms with van der Waals surface area (Å²) in [5.74, 6) is 0.160. The van der Waals surface area contributed by atoms with E-state index < -0.39 is 0 Å². The van der Waals surface area contributed by atoms with E-state index >= 15 is 0 Å². The van der Waals surface area contributed by atoms with Crippen molar-refractivity contribution in [2.45, 2.75) is 6.92 Å². The summed E-state index contributed by atoms with van der Waals surface area (Å²) < 4.78 is 5.12. The Bertz CT molecular complexity index is 435. The Hall–Kier alpha value is -1.56. The third-order valence-corrected chi connectivity index (χ3v) is 2.43. The fraction of sp³-hybridized carbons (Fsp3) is 0.273. The fourth-order valence-corrected chi connectivity index (χ4v) is 1.40. The lowest BCUT2D eigenvalue weighted by molar-refractivity contribution is -0.114. The van der Waals surface area contributed by atoms with Gasteiger partial charge in [0.2, 0.25) is 11.8 Å². The van der Waals surface area contributed by atoms with E-state index in [0.717, 1.165) is 0 Å². The molecule has 0 spiro atoms. The number of benzene rings is 1. The summed E-state index contributed by atoms with van der Waals surface area (Å²) in [5.41, 5.74) is 1.18. The zero-order valence-corrected chi connectivity index (χ0v) is 11.1. The molecule has 92 valence electrons. The molecule has 0 aromatic heterocycles. The van der Waals surface area contributed by atoms with E-state index in [2.05, 4.69) is 26.6 Å². The Morgan fingerprint density at radius 3 is 2.59 bits per heavy atom. The zero-order chi connectivity index (χ0) is 12.8. The van der Waals surface area contributed by atoms with Crippen LogP contribution in [0.15, 0.2) is 18.2 Å². The number of amides is 2. The van der Waals surface area contributed by atoms with Crippen LogP contribution in [0.25, 0.3) is 0 Å². The van der Waals surface area contributed by atoms with Crippen molar-refractivity contribution < 1.29 is 14.3 Å². The van der Waals surface area contributed by atoms with Gasteiger partial charge in [-0.3, -0.25) is 9.59 Å². The standard InChI is InChI=1S/C11H13BrN2O3/c1-7(15)13-9-4-3-8(5-10(9)17-2)14-11(16)6-12/h3-5H,6H2,1-2H3,(H,13,15)(H,14,16). The van der Waals surface area contributed by atoms with Crippen LogP contribution >= 0.6 is 15.9 Å². The van der Waals surface area contributed by atoms with Crippen molar-refractivity contribution in [3.05, 3.63) is 18.2 Å². The number of halogens is 1. The number of ether oxygens (including phenoxy) is 1. The molecule has 0 saturated carbocycles. The highest BCUT2D eigenvalue weighted by molar-refractivity contribution is 9.09. The van der Waals surface area contributed by atoms with E-state index in [4.69, 9.17) is 4.74 Å². The van der Waals surface area contributed by atoms with E-state index in [9.17, 15) is 9.59 Å². The number of methoxy groups -OCH3 is 1. The molecule has 17 heavy (non-hydrogen) atoms. The lowest BCUT2D eigenvalue weighted by Crippen LogP contribution is -2.13. The van der Waals surface area contributed by atoms with Crippen LogP contribution in [0.3, 0.4) is 0 Å². The second-order valence-corrected chi connectivity index (χ2v) is 3.84. The molecule has 1 aromatic rings. The van der Waals surface area contributed by atoms with Crippen LogP contribution in [0.1, 0.15) is 6.92 Å². The topological polar surface area (TPSA) is 67.4 Å². The first-order valence-electron chi connectivity index (χ1n) is 4.88. The highest BCUT2D eigenvalue weighted by atomic mass is 79.9. The Morgan fingerprint density at radius 1 is 1.35 bits per heavy atom. The number of hydrogen-bond acceptors (Lipinski definition) is 3. The van der Waals surface area contributed by atoms with Gasteiger partial charge < -0.3 is 15.4 Å². The van der Waals surface area contributed by atoms with Crippen LogP contribution in [0, 0.1) is 0 Å². The predicted octanol–water partition coefficient (Wildman–Crippen LogP) is 1.99. The molecular formula is C11H13BrN2O3. The Balaban J connectivity index is 2.91. The van der Waals surface area contributed by atoms with Gasteiger partial charge >= 0.3 is 0 Å². The maximum atomic E-state index is 11.2. The quantitative estimate of drug-likeness (QED) is 0.836. The Labute approximate surface area is 108 Å². The molecule has 0 radical (unpaired) electrons. The van der Waals surface area contributed by atoms with Crippen LogP contribution in [-0.2, 0) is 9.59 Å². The minimum atomic E-state index is -0.180. The van der Waals surface area contributed by atoms with Gasteiger partial charge in [0.05, 0.1) is 18.1 Å². The summed E-state index contributed by atoms with van der Waals surface area (Å²) in [7, 11) is 1.50. The maximum Gasteiger partial charge on any atom is 0.235 e. The molecule has 1 rings (SSSR count). The van der Waals surface area contributed by atoms with E-state index in [1.165, 1.54) is 14.0 Å². The molecule has 0 aliphatic heterocycles. The molecule has 5 nitrogen and oxygen atoms in total. The minimum absolute atomic E-state index is 0.153. The number of carbonyl (C=O) groups is 2. The minimum Gasteiger partial charge on any atom is -0.494 e. The first-order chi connectivity index (χ1) is 8.06. The summed E-state index contributed by atoms with van der Waals surface area (Å²) in [4.78, 5) is 22.1. The molecule has 0 aliphatic rings. The molecule has 0 saturated heterocycles. The number of rotatable bonds is 4. The van der Waals surface area contributed by atoms with Gasteiger partial charge in [-0.15, -0.1) is 0 Å². The third kappa shape index (κ3) is 4.07. The number of hydrogen-bond donors (Lipinski definition) is 2. The number of alkyl halides is 1. The summed E-state index contributed by atoms with van der Waals surface area (Å²) in [5, 5.41) is 5.53. The lowest BCUT2D eigenvalue weighted by atomic mass is 10.2. The fourth-order valence-electron chi connectivity index (χ4n) is 1.26. The summed E-state index contributed by atoms with van der Waals surface area (Å²) >= 11 is 3.05. The monoisotopic (exact) mass is 300 g/mol. The lowest BCUT2D eigenvalue weighted by Gasteiger charge is -2.11. The average Bonchev–Trinajstić information content (AvgIpc) is 2.30. The van der Waals surface area contributed by atoms with Crippen LogP contribution in [0.5, 0.6) is 5.75 Å². The molecule has 0 unspecified atom stereocenters. The van der Waals surface area contributed by atoms with Crippen LogP contribution in [0.2, 0.25) is 0 Å². The molecule has 0 fully saturated rings. The van der Waals surface area contributed by atoms with Crippen LogP contribution in [0.4, 0.5) is 11.4 Å². The zero-order valence-electron chi connectivity index (χ0n) is 9.54. The molecule has 0 aliphatic carbocycles. The van der Waals surface area contributed by atoms with Gasteiger partial charge in [-0.05, 0) is 12.1 Å². The first kappa shape index (κ1) is 13.5. The van der Waals surface area contributed by atoms with Gasteiger partial charge in [-0.2, -0.15) is 0 Å². The third-order valence-electron chi connectivity index (χ3n) is 1.92. The normalized spacial score (nSPS) is 9.59. The van der Waals surface area contributed by atoms with Crippen molar-refractivity contribution in [1.82, 2.24) is 0 Å². The summed E-state index contributed by atoms with van der Waals surface area (Å²) in [6.45, 7) is 1.42. The van der Waals surface area contributed by atoms with Gasteiger partial charge in [0, 0.05) is 18.7 Å². The molecule has 0 atom stereocenters. The van der Waals surface area contributed by atoms with Gasteiger partial charge in [0.1, 0.15) is 5.75 Å². The summed E-state index contributed by atoms with van der Waals surface area (Å²) in [6, 6.07) is 5.00. The highest BCUT2D eigenvalue weighted by Crippen LogP contribution is 2.27. The van der Waals surface area contributed by atoms with Crippen molar-refractivity contribution in [3.63, 3.8) is 0 Å². The average molecular weight is 301 g/mol. The van der Waals surface area contributed by atoms with Crippen molar-refractivity contribution in [2.75, 3.05) is 23.1 Å². The SMILES string of the molecule is COc1cc(NC(=O)CBr)ccc1NC(C)=O. The maximum absolute atomic E-state index is 11.2. The van der Waals surface area contributed by atoms with E-state index in [0.29, 0.717) is 17.1 Å². The van der Waals surface area contributed by atoms with Crippen molar-refractivity contribution in [3.8, 4) is 5.75 Å². The van der Waals surface area contributed by atoms with Crippen LogP contribution < -0.4 is 15.4 Å². The number of carbonyl (C=O) groups excluding carboxylic acids is 2. The van der Waals surface area contributed by atoms with Crippen molar-refractivity contribution in [2.24, 2.45) is 0 Å². The molecule has 1 aromatic carbocycles. The second-order valence-electron chi connectivity index (χ2n) is 3.28. The molecule has 2 N–H and O–H groups in total. The smallest absolute Gasteiger partial charge is 0.235 e. The van der Waals surface area contributed by atoms with Gasteiger partial charge in [0.25, 0.3) is 0 Å². The highest BCUT2D eigenvalue weighted by Gasteiger charge is 2.07. The van der Waals surface area contributed by atoms with Gasteiger partial charge in [-0.1, -0.05) is 15.9 Å². The van der Waals surface area contributed by atoms with Gasteiger partial charge in [-0.25, -0.2) is 0 Å². The molecular weight excluding hydrogens is 288 g/mol. The molecule has 2 amide bonds. The van der Waals surface area contributed by atoms with Crippen LogP contribution in [-0.4, -0.2) is 24.3 Å².